The fourth-order valence-electron chi connectivity index (χ4n) is 2.77. The van der Waals surface area contributed by atoms with Gasteiger partial charge in [0.05, 0.1) is 7.11 Å². The van der Waals surface area contributed by atoms with Crippen LogP contribution in [0.1, 0.15) is 32.8 Å². The minimum absolute atomic E-state index is 0.00388. The fraction of sp³-hybridized carbons (Fsp3) is 0.391. The van der Waals surface area contributed by atoms with Gasteiger partial charge in [-0.05, 0) is 62.2 Å². The monoisotopic (exact) mass is 416 g/mol. The molecule has 2 atom stereocenters. The molecule has 1 N–H and O–H groups in total. The lowest BCUT2D eigenvalue weighted by Gasteiger charge is -2.29. The Bertz CT molecular complexity index is 841. The van der Waals surface area contributed by atoms with Crippen LogP contribution >= 0.6 is 0 Å². The van der Waals surface area contributed by atoms with Gasteiger partial charge in [-0.15, -0.1) is 0 Å². The molecule has 162 valence electrons. The summed E-state index contributed by atoms with van der Waals surface area (Å²) in [5.41, 5.74) is 0.827. The van der Waals surface area contributed by atoms with E-state index in [1.54, 1.807) is 14.0 Å². The van der Waals surface area contributed by atoms with E-state index in [2.05, 4.69) is 5.32 Å². The number of hydrogen-bond acceptors (Lipinski definition) is 4. The van der Waals surface area contributed by atoms with Crippen LogP contribution in [0.3, 0.4) is 0 Å². The van der Waals surface area contributed by atoms with Crippen molar-refractivity contribution >= 4 is 11.8 Å². The Hall–Kier alpha value is -3.09. The van der Waals surface area contributed by atoms with Crippen LogP contribution in [-0.4, -0.2) is 42.5 Å². The zero-order chi connectivity index (χ0) is 22.1. The number of carbonyl (C=O) groups excluding carboxylic acids is 2. The van der Waals surface area contributed by atoms with E-state index in [0.717, 1.165) is 12.0 Å². The molecule has 0 saturated carbocycles. The van der Waals surface area contributed by atoms with Crippen LogP contribution in [-0.2, 0) is 16.1 Å². The van der Waals surface area contributed by atoms with Crippen molar-refractivity contribution in [2.45, 2.75) is 45.8 Å². The van der Waals surface area contributed by atoms with Gasteiger partial charge in [-0.2, -0.15) is 0 Å². The molecule has 7 heteroatoms. The van der Waals surface area contributed by atoms with E-state index in [1.165, 1.54) is 29.2 Å². The van der Waals surface area contributed by atoms with Gasteiger partial charge in [-0.1, -0.05) is 19.1 Å². The highest BCUT2D eigenvalue weighted by Crippen LogP contribution is 2.17. The highest BCUT2D eigenvalue weighted by Gasteiger charge is 2.27. The average Bonchev–Trinajstić information content (AvgIpc) is 2.76. The summed E-state index contributed by atoms with van der Waals surface area (Å²) in [6, 6.07) is 12.1. The van der Waals surface area contributed by atoms with E-state index in [0.29, 0.717) is 11.5 Å². The Morgan fingerprint density at radius 1 is 1.10 bits per heavy atom. The number of amides is 2. The molecule has 0 aromatic heterocycles. The molecule has 2 aromatic carbocycles. The molecule has 0 unspecified atom stereocenters. The maximum atomic E-state index is 13.1. The number of halogens is 1. The molecule has 0 radical (unpaired) electrons. The lowest BCUT2D eigenvalue weighted by atomic mass is 10.1. The molecule has 30 heavy (non-hydrogen) atoms. The van der Waals surface area contributed by atoms with E-state index in [9.17, 15) is 14.0 Å². The van der Waals surface area contributed by atoms with E-state index < -0.39 is 6.04 Å². The zero-order valence-electron chi connectivity index (χ0n) is 17.9. The second-order valence-corrected chi connectivity index (χ2v) is 7.11. The third-order valence-electron chi connectivity index (χ3n) is 4.83. The maximum Gasteiger partial charge on any atom is 0.261 e. The Labute approximate surface area is 177 Å². The summed E-state index contributed by atoms with van der Waals surface area (Å²) >= 11 is 0. The molecule has 0 aliphatic carbocycles. The minimum Gasteiger partial charge on any atom is -0.497 e. The number of hydrogen-bond donors (Lipinski definition) is 1. The van der Waals surface area contributed by atoms with Crippen LogP contribution in [0, 0.1) is 5.82 Å². The van der Waals surface area contributed by atoms with Crippen molar-refractivity contribution in [1.29, 1.82) is 0 Å². The number of carbonyl (C=O) groups is 2. The molecular weight excluding hydrogens is 387 g/mol. The first-order chi connectivity index (χ1) is 14.3. The molecule has 0 saturated heterocycles. The smallest absolute Gasteiger partial charge is 0.261 e. The van der Waals surface area contributed by atoms with Gasteiger partial charge in [0, 0.05) is 12.6 Å². The Morgan fingerprint density at radius 3 is 2.43 bits per heavy atom. The second kappa shape index (κ2) is 11.2. The normalized spacial score (nSPS) is 12.6. The first-order valence-electron chi connectivity index (χ1n) is 9.95. The molecule has 0 aliphatic rings. The zero-order valence-corrected chi connectivity index (χ0v) is 17.9. The number of rotatable bonds is 10. The largest absolute Gasteiger partial charge is 0.497 e. The molecule has 2 amide bonds. The van der Waals surface area contributed by atoms with Crippen LogP contribution in [0.15, 0.2) is 48.5 Å². The van der Waals surface area contributed by atoms with E-state index in [4.69, 9.17) is 9.47 Å². The van der Waals surface area contributed by atoms with Gasteiger partial charge in [-0.25, -0.2) is 4.39 Å². The molecule has 2 rings (SSSR count). The molecule has 0 bridgehead atoms. The number of methoxy groups -OCH3 is 1. The van der Waals surface area contributed by atoms with Gasteiger partial charge in [-0.3, -0.25) is 9.59 Å². The van der Waals surface area contributed by atoms with Crippen LogP contribution < -0.4 is 14.8 Å². The summed E-state index contributed by atoms with van der Waals surface area (Å²) in [6.45, 7) is 5.53. The lowest BCUT2D eigenvalue weighted by molar-refractivity contribution is -0.142. The van der Waals surface area contributed by atoms with E-state index >= 15 is 0 Å². The molecule has 2 aromatic rings. The maximum absolute atomic E-state index is 13.1. The van der Waals surface area contributed by atoms with E-state index in [-0.39, 0.29) is 36.8 Å². The van der Waals surface area contributed by atoms with Crippen LogP contribution in [0.2, 0.25) is 0 Å². The fourth-order valence-corrected chi connectivity index (χ4v) is 2.77. The topological polar surface area (TPSA) is 67.9 Å². The van der Waals surface area contributed by atoms with E-state index in [1.807, 2.05) is 38.1 Å². The lowest BCUT2D eigenvalue weighted by Crippen LogP contribution is -2.50. The predicted octanol–water partition coefficient (Wildman–Crippen LogP) is 3.55. The van der Waals surface area contributed by atoms with Crippen LogP contribution in [0.4, 0.5) is 4.39 Å². The average molecular weight is 416 g/mol. The molecule has 6 nitrogen and oxygen atoms in total. The highest BCUT2D eigenvalue weighted by molar-refractivity contribution is 5.88. The highest BCUT2D eigenvalue weighted by atomic mass is 19.1. The Kier molecular flexibility index (Phi) is 8.65. The van der Waals surface area contributed by atoms with Gasteiger partial charge < -0.3 is 19.7 Å². The van der Waals surface area contributed by atoms with Gasteiger partial charge in [0.1, 0.15) is 23.4 Å². The van der Waals surface area contributed by atoms with Crippen molar-refractivity contribution in [3.05, 3.63) is 59.9 Å². The summed E-state index contributed by atoms with van der Waals surface area (Å²) in [5.74, 6) is 0.0713. The van der Waals surface area contributed by atoms with Crippen molar-refractivity contribution in [3.63, 3.8) is 0 Å². The SMILES string of the molecule is CC[C@@H](C)NC(=O)[C@H](C)N(Cc1cccc(OC)c1)C(=O)COc1ccc(F)cc1. The molecule has 0 aliphatic heterocycles. The minimum atomic E-state index is -0.700. The summed E-state index contributed by atoms with van der Waals surface area (Å²) < 4.78 is 23.8. The van der Waals surface area contributed by atoms with Crippen molar-refractivity contribution in [2.75, 3.05) is 13.7 Å². The van der Waals surface area contributed by atoms with Gasteiger partial charge in [0.25, 0.3) is 5.91 Å². The molecule has 0 spiro atoms. The predicted molar refractivity (Wildman–Crippen MR) is 113 cm³/mol. The Morgan fingerprint density at radius 2 is 1.80 bits per heavy atom. The van der Waals surface area contributed by atoms with Crippen LogP contribution in [0.5, 0.6) is 11.5 Å². The standard InChI is InChI=1S/C23H29FN2O4/c1-5-16(2)25-23(28)17(3)26(14-18-7-6-8-21(13-18)29-4)22(27)15-30-20-11-9-19(24)10-12-20/h6-13,16-17H,5,14-15H2,1-4H3,(H,25,28)/t16-,17+/m1/s1. The third kappa shape index (κ3) is 6.76. The first kappa shape index (κ1) is 23.2. The number of nitrogens with zero attached hydrogens (tertiary/aromatic N) is 1. The third-order valence-corrected chi connectivity index (χ3v) is 4.83. The molecule has 0 heterocycles. The van der Waals surface area contributed by atoms with Gasteiger partial charge >= 0.3 is 0 Å². The van der Waals surface area contributed by atoms with Crippen LogP contribution in [0.25, 0.3) is 0 Å². The van der Waals surface area contributed by atoms with Crippen molar-refractivity contribution < 1.29 is 23.5 Å². The summed E-state index contributed by atoms with van der Waals surface area (Å²) in [7, 11) is 1.57. The number of benzene rings is 2. The second-order valence-electron chi connectivity index (χ2n) is 7.11. The first-order valence-corrected chi connectivity index (χ1v) is 9.95. The van der Waals surface area contributed by atoms with Crippen molar-refractivity contribution in [2.24, 2.45) is 0 Å². The summed E-state index contributed by atoms with van der Waals surface area (Å²) in [4.78, 5) is 27.1. The molecular formula is C23H29FN2O4. The van der Waals surface area contributed by atoms with Crippen molar-refractivity contribution in [3.8, 4) is 11.5 Å². The summed E-state index contributed by atoms with van der Waals surface area (Å²) in [6.07, 6.45) is 0.788. The van der Waals surface area contributed by atoms with Gasteiger partial charge in [0.2, 0.25) is 5.91 Å². The number of ether oxygens (including phenoxy) is 2. The Balaban J connectivity index is 2.16. The van der Waals surface area contributed by atoms with Crippen molar-refractivity contribution in [1.82, 2.24) is 10.2 Å². The molecule has 0 fully saturated rings. The van der Waals surface area contributed by atoms with Gasteiger partial charge in [0.15, 0.2) is 6.61 Å². The number of nitrogens with one attached hydrogen (secondary N) is 1. The summed E-state index contributed by atoms with van der Waals surface area (Å²) in [5, 5.41) is 2.91. The quantitative estimate of drug-likeness (QED) is 0.643.